The number of rotatable bonds is 9. The second-order valence-corrected chi connectivity index (χ2v) is 9.88. The Morgan fingerprint density at radius 3 is 2.70 bits per heavy atom. The molecule has 1 heterocycles. The summed E-state index contributed by atoms with van der Waals surface area (Å²) in [5.74, 6) is 2.22. The van der Waals surface area contributed by atoms with Gasteiger partial charge in [0.1, 0.15) is 18.4 Å². The van der Waals surface area contributed by atoms with Crippen LogP contribution in [0.5, 0.6) is 5.75 Å². The normalized spacial score (nSPS) is 14.3. The van der Waals surface area contributed by atoms with Crippen molar-refractivity contribution in [1.82, 2.24) is 5.43 Å². The smallest absolute Gasteiger partial charge is 0.260 e. The number of carbonyl (C=O) groups excluding carboxylic acids is 1. The average molecular weight is 448 g/mol. The molecule has 2 aromatic rings. The maximum absolute atomic E-state index is 12.4. The number of thioether (sulfide) groups is 1. The molecule has 0 radical (unpaired) electrons. The lowest BCUT2D eigenvalue weighted by Crippen LogP contribution is -2.39. The molecule has 1 saturated heterocycles. The Balaban J connectivity index is 1.64. The van der Waals surface area contributed by atoms with E-state index in [0.717, 1.165) is 38.9 Å². The number of benzene rings is 2. The molecule has 0 saturated carbocycles. The molecule has 1 aliphatic heterocycles. The van der Waals surface area contributed by atoms with E-state index >= 15 is 0 Å². The Bertz CT molecular complexity index is 1020. The highest BCUT2D eigenvalue weighted by Crippen LogP contribution is 2.24. The van der Waals surface area contributed by atoms with E-state index in [1.165, 1.54) is 6.21 Å². The minimum absolute atomic E-state index is 0.245. The molecule has 0 aliphatic carbocycles. The molecule has 0 atom stereocenters. The monoisotopic (exact) mass is 447 g/mol. The van der Waals surface area contributed by atoms with Crippen molar-refractivity contribution in [2.45, 2.75) is 19.4 Å². The first-order valence-electron chi connectivity index (χ1n) is 9.59. The second kappa shape index (κ2) is 9.99. The average Bonchev–Trinajstić information content (AvgIpc) is 2.68. The predicted octanol–water partition coefficient (Wildman–Crippen LogP) is 2.66. The quantitative estimate of drug-likeness (QED) is 0.472. The molecule has 9 heteroatoms. The van der Waals surface area contributed by atoms with Gasteiger partial charge in [-0.2, -0.15) is 16.9 Å². The highest BCUT2D eigenvalue weighted by Gasteiger charge is 2.22. The van der Waals surface area contributed by atoms with Crippen molar-refractivity contribution in [2.75, 3.05) is 28.6 Å². The van der Waals surface area contributed by atoms with Crippen LogP contribution in [0, 0.1) is 0 Å². The number of amides is 1. The number of nitrogens with zero attached hydrogens (tertiary/aromatic N) is 2. The molecule has 0 aromatic heterocycles. The molecule has 3 rings (SSSR count). The topological polar surface area (TPSA) is 88.1 Å². The van der Waals surface area contributed by atoms with Crippen LogP contribution in [0.2, 0.25) is 0 Å². The molecule has 0 unspecified atom stereocenters. The fourth-order valence-corrected chi connectivity index (χ4v) is 4.37. The van der Waals surface area contributed by atoms with Gasteiger partial charge < -0.3 is 4.74 Å². The van der Waals surface area contributed by atoms with Gasteiger partial charge in [0.15, 0.2) is 0 Å². The molecule has 30 heavy (non-hydrogen) atoms. The minimum atomic E-state index is -3.63. The Morgan fingerprint density at radius 1 is 1.27 bits per heavy atom. The van der Waals surface area contributed by atoms with Crippen LogP contribution in [0.1, 0.15) is 18.1 Å². The van der Waals surface area contributed by atoms with E-state index in [0.29, 0.717) is 12.1 Å². The Kier molecular flexibility index (Phi) is 7.38. The summed E-state index contributed by atoms with van der Waals surface area (Å²) < 4.78 is 31.5. The molecule has 1 fully saturated rings. The summed E-state index contributed by atoms with van der Waals surface area (Å²) in [5, 5.41) is 3.96. The van der Waals surface area contributed by atoms with Crippen molar-refractivity contribution < 1.29 is 17.9 Å². The van der Waals surface area contributed by atoms with Crippen LogP contribution in [-0.4, -0.2) is 50.9 Å². The second-order valence-electron chi connectivity index (χ2n) is 6.89. The highest BCUT2D eigenvalue weighted by molar-refractivity contribution is 8.00. The molecule has 160 valence electrons. The van der Waals surface area contributed by atoms with E-state index in [1.807, 2.05) is 55.1 Å². The van der Waals surface area contributed by atoms with Gasteiger partial charge in [0, 0.05) is 11.5 Å². The molecule has 0 spiro atoms. The summed E-state index contributed by atoms with van der Waals surface area (Å²) in [6, 6.07) is 14.6. The molecule has 0 bridgehead atoms. The fraction of sp³-hybridized carbons (Fsp3) is 0.333. The van der Waals surface area contributed by atoms with Crippen molar-refractivity contribution in [3.05, 3.63) is 59.7 Å². The molecular weight excluding hydrogens is 422 g/mol. The molecular formula is C21H25N3O4S2. The summed E-state index contributed by atoms with van der Waals surface area (Å²) >= 11 is 1.85. The number of aryl methyl sites for hydroxylation is 1. The summed E-state index contributed by atoms with van der Waals surface area (Å²) in [6.45, 7) is 1.58. The van der Waals surface area contributed by atoms with E-state index in [9.17, 15) is 13.2 Å². The largest absolute Gasteiger partial charge is 0.489 e. The molecule has 7 nitrogen and oxygen atoms in total. The van der Waals surface area contributed by atoms with Crippen LogP contribution in [0.15, 0.2) is 53.6 Å². The van der Waals surface area contributed by atoms with Gasteiger partial charge in [0.05, 0.1) is 18.2 Å². The van der Waals surface area contributed by atoms with Crippen molar-refractivity contribution in [1.29, 1.82) is 0 Å². The number of sulfonamides is 1. The van der Waals surface area contributed by atoms with Gasteiger partial charge in [0.25, 0.3) is 5.91 Å². The van der Waals surface area contributed by atoms with Crippen molar-refractivity contribution >= 4 is 39.6 Å². The van der Waals surface area contributed by atoms with Crippen molar-refractivity contribution in [2.24, 2.45) is 5.10 Å². The van der Waals surface area contributed by atoms with Gasteiger partial charge in [-0.25, -0.2) is 13.8 Å². The van der Waals surface area contributed by atoms with Crippen LogP contribution >= 0.6 is 11.8 Å². The van der Waals surface area contributed by atoms with Gasteiger partial charge in [-0.3, -0.25) is 9.10 Å². The van der Waals surface area contributed by atoms with Gasteiger partial charge in [-0.05, 0) is 35.7 Å². The fourth-order valence-electron chi connectivity index (χ4n) is 2.92. The third-order valence-electron chi connectivity index (χ3n) is 4.50. The number of ether oxygens (including phenoxy) is 1. The lowest BCUT2D eigenvalue weighted by Gasteiger charge is -2.25. The SMILES string of the molecule is CCc1ccccc1N(CC(=O)N/N=C\c1cccc(OC2CSC2)c1)S(C)(=O)=O. The van der Waals surface area contributed by atoms with E-state index < -0.39 is 15.9 Å². The summed E-state index contributed by atoms with van der Waals surface area (Å²) in [5.41, 5.74) is 4.53. The first-order valence-corrected chi connectivity index (χ1v) is 12.6. The van der Waals surface area contributed by atoms with Crippen LogP contribution in [0.25, 0.3) is 0 Å². The van der Waals surface area contributed by atoms with Crippen molar-refractivity contribution in [3.8, 4) is 5.75 Å². The van der Waals surface area contributed by atoms with E-state index in [2.05, 4.69) is 10.5 Å². The third-order valence-corrected chi connectivity index (χ3v) is 6.84. The lowest BCUT2D eigenvalue weighted by molar-refractivity contribution is -0.119. The van der Waals surface area contributed by atoms with Gasteiger partial charge in [-0.15, -0.1) is 0 Å². The van der Waals surface area contributed by atoms with E-state index in [1.54, 1.807) is 12.1 Å². The van der Waals surface area contributed by atoms with E-state index in [4.69, 9.17) is 4.74 Å². The third kappa shape index (κ3) is 5.99. The standard InChI is InChI=1S/C21H25N3O4S2/c1-3-17-8-4-5-10-20(17)24(30(2,26)27)13-21(25)23-22-12-16-7-6-9-18(11-16)28-19-14-29-15-19/h4-12,19H,3,13-15H2,1-2H3,(H,23,25)/b22-12-. The number of hydrogen-bond donors (Lipinski definition) is 1. The number of carbonyl (C=O) groups is 1. The predicted molar refractivity (Wildman–Crippen MR) is 122 cm³/mol. The molecule has 1 N–H and O–H groups in total. The lowest BCUT2D eigenvalue weighted by atomic mass is 10.1. The van der Waals surface area contributed by atoms with Crippen LogP contribution in [0.4, 0.5) is 5.69 Å². The maximum Gasteiger partial charge on any atom is 0.260 e. The first kappa shape index (κ1) is 22.2. The van der Waals surface area contributed by atoms with Crippen LogP contribution in [0.3, 0.4) is 0 Å². The number of nitrogens with one attached hydrogen (secondary N) is 1. The zero-order chi connectivity index (χ0) is 21.6. The number of hydrogen-bond acceptors (Lipinski definition) is 6. The van der Waals surface area contributed by atoms with Crippen LogP contribution in [-0.2, 0) is 21.2 Å². The van der Waals surface area contributed by atoms with Crippen molar-refractivity contribution in [3.63, 3.8) is 0 Å². The van der Waals surface area contributed by atoms with Gasteiger partial charge in [-0.1, -0.05) is 37.3 Å². The molecule has 1 amide bonds. The minimum Gasteiger partial charge on any atom is -0.489 e. The zero-order valence-corrected chi connectivity index (χ0v) is 18.6. The Hall–Kier alpha value is -2.52. The summed E-state index contributed by atoms with van der Waals surface area (Å²) in [4.78, 5) is 12.4. The Labute approximate surface area is 181 Å². The van der Waals surface area contributed by atoms with E-state index in [-0.39, 0.29) is 12.6 Å². The van der Waals surface area contributed by atoms with Crippen LogP contribution < -0.4 is 14.5 Å². The summed E-state index contributed by atoms with van der Waals surface area (Å²) in [6.07, 6.45) is 3.49. The van der Waals surface area contributed by atoms with Gasteiger partial charge in [0.2, 0.25) is 10.0 Å². The number of para-hydroxylation sites is 1. The maximum atomic E-state index is 12.4. The van der Waals surface area contributed by atoms with Gasteiger partial charge >= 0.3 is 0 Å². The highest BCUT2D eigenvalue weighted by atomic mass is 32.2. The summed E-state index contributed by atoms with van der Waals surface area (Å²) in [7, 11) is -3.63. The molecule has 2 aromatic carbocycles. The molecule has 1 aliphatic rings. The Morgan fingerprint density at radius 2 is 2.03 bits per heavy atom. The zero-order valence-electron chi connectivity index (χ0n) is 16.9. The number of anilines is 1. The first-order chi connectivity index (χ1) is 14.4. The number of hydrazone groups is 1.